The van der Waals surface area contributed by atoms with Crippen molar-refractivity contribution in [3.05, 3.63) is 40.7 Å². The summed E-state index contributed by atoms with van der Waals surface area (Å²) in [6, 6.07) is 8.92. The molecule has 0 radical (unpaired) electrons. The Balaban J connectivity index is 2.30. The maximum absolute atomic E-state index is 11.1. The average molecular weight is 204 g/mol. The summed E-state index contributed by atoms with van der Waals surface area (Å²) in [5.41, 5.74) is -0.0245. The molecule has 0 unspecified atom stereocenters. The molecule has 1 aromatic heterocycles. The summed E-state index contributed by atoms with van der Waals surface area (Å²) in [6.45, 7) is 0. The number of benzene rings is 1. The first-order chi connectivity index (χ1) is 7.27. The van der Waals surface area contributed by atoms with Gasteiger partial charge in [-0.1, -0.05) is 18.2 Å². The van der Waals surface area contributed by atoms with Crippen molar-refractivity contribution in [2.24, 2.45) is 10.2 Å². The Bertz CT molecular complexity index is 527. The van der Waals surface area contributed by atoms with Gasteiger partial charge in [0.15, 0.2) is 0 Å². The van der Waals surface area contributed by atoms with Crippen LogP contribution < -0.4 is 5.56 Å². The third-order valence-corrected chi connectivity index (χ3v) is 1.76. The van der Waals surface area contributed by atoms with Gasteiger partial charge in [0.25, 0.3) is 5.56 Å². The van der Waals surface area contributed by atoms with Crippen LogP contribution in [0.15, 0.2) is 45.4 Å². The zero-order chi connectivity index (χ0) is 10.7. The van der Waals surface area contributed by atoms with Gasteiger partial charge in [0, 0.05) is 0 Å². The first kappa shape index (κ1) is 9.20. The molecule has 2 rings (SSSR count). The molecule has 0 saturated carbocycles. The minimum Gasteiger partial charge on any atom is -0.492 e. The molecule has 0 aliphatic heterocycles. The lowest BCUT2D eigenvalue weighted by molar-refractivity contribution is 0.453. The van der Waals surface area contributed by atoms with Gasteiger partial charge in [-0.05, 0) is 12.1 Å². The van der Waals surface area contributed by atoms with Crippen LogP contribution in [0.1, 0.15) is 0 Å². The Morgan fingerprint density at radius 2 is 1.80 bits per heavy atom. The number of hydrogen-bond acceptors (Lipinski definition) is 4. The Hall–Kier alpha value is -2.37. The van der Waals surface area contributed by atoms with Gasteiger partial charge in [-0.25, -0.2) is 0 Å². The fraction of sp³-hybridized carbons (Fsp3) is 0. The van der Waals surface area contributed by atoms with Crippen molar-refractivity contribution in [2.45, 2.75) is 0 Å². The van der Waals surface area contributed by atoms with Crippen LogP contribution in [0, 0.1) is 0 Å². The molecule has 0 amide bonds. The summed E-state index contributed by atoms with van der Waals surface area (Å²) in [5.74, 6) is -0.320. The minimum absolute atomic E-state index is 0.126. The van der Waals surface area contributed by atoms with E-state index < -0.39 is 5.56 Å². The van der Waals surface area contributed by atoms with Crippen LogP contribution in [-0.2, 0) is 0 Å². The first-order valence-corrected chi connectivity index (χ1v) is 4.24. The molecular weight excluding hydrogens is 196 g/mol. The van der Waals surface area contributed by atoms with Gasteiger partial charge in [-0.2, -0.15) is 5.11 Å². The molecule has 0 aliphatic carbocycles. The summed E-state index contributed by atoms with van der Waals surface area (Å²) in [5, 5.41) is 21.0. The maximum Gasteiger partial charge on any atom is 0.295 e. The summed E-state index contributed by atoms with van der Waals surface area (Å²) in [4.78, 5) is 11.1. The highest BCUT2D eigenvalue weighted by Gasteiger charge is 2.06. The van der Waals surface area contributed by atoms with Gasteiger partial charge >= 0.3 is 0 Å². The second-order valence-electron chi connectivity index (χ2n) is 2.81. The van der Waals surface area contributed by atoms with E-state index in [0.717, 1.165) is 0 Å². The van der Waals surface area contributed by atoms with E-state index in [1.165, 1.54) is 0 Å². The minimum atomic E-state index is -0.507. The molecular formula is C9H8N4O2. The van der Waals surface area contributed by atoms with Crippen LogP contribution >= 0.6 is 0 Å². The normalized spacial score (nSPS) is 10.9. The lowest BCUT2D eigenvalue weighted by Gasteiger charge is -1.88. The third-order valence-electron chi connectivity index (χ3n) is 1.76. The highest BCUT2D eigenvalue weighted by Crippen LogP contribution is 2.20. The van der Waals surface area contributed by atoms with Crippen molar-refractivity contribution >= 4 is 11.4 Å². The summed E-state index contributed by atoms with van der Waals surface area (Å²) in [6.07, 6.45) is 0. The van der Waals surface area contributed by atoms with Crippen LogP contribution in [0.25, 0.3) is 0 Å². The molecule has 76 valence electrons. The Kier molecular flexibility index (Phi) is 2.32. The van der Waals surface area contributed by atoms with Gasteiger partial charge in [0.2, 0.25) is 11.6 Å². The summed E-state index contributed by atoms with van der Waals surface area (Å²) < 4.78 is 0. The number of aromatic amines is 2. The van der Waals surface area contributed by atoms with Crippen LogP contribution in [0.3, 0.4) is 0 Å². The molecule has 0 fully saturated rings. The predicted octanol–water partition coefficient (Wildman–Crippen LogP) is 1.82. The average Bonchev–Trinajstić information content (AvgIpc) is 2.58. The van der Waals surface area contributed by atoms with Crippen molar-refractivity contribution in [3.8, 4) is 5.88 Å². The summed E-state index contributed by atoms with van der Waals surface area (Å²) in [7, 11) is 0. The van der Waals surface area contributed by atoms with Gasteiger partial charge in [0.1, 0.15) is 0 Å². The van der Waals surface area contributed by atoms with Gasteiger partial charge < -0.3 is 5.11 Å². The van der Waals surface area contributed by atoms with Gasteiger partial charge in [-0.3, -0.25) is 15.0 Å². The number of nitrogens with one attached hydrogen (secondary N) is 2. The number of nitrogens with zero attached hydrogens (tertiary/aromatic N) is 2. The molecule has 1 aromatic carbocycles. The highest BCUT2D eigenvalue weighted by atomic mass is 16.3. The van der Waals surface area contributed by atoms with E-state index in [2.05, 4.69) is 20.4 Å². The monoisotopic (exact) mass is 204 g/mol. The van der Waals surface area contributed by atoms with Crippen molar-refractivity contribution in [1.82, 2.24) is 10.2 Å². The zero-order valence-electron chi connectivity index (χ0n) is 7.64. The van der Waals surface area contributed by atoms with E-state index in [4.69, 9.17) is 5.11 Å². The molecule has 6 heteroatoms. The second-order valence-corrected chi connectivity index (χ2v) is 2.81. The zero-order valence-corrected chi connectivity index (χ0v) is 7.64. The van der Waals surface area contributed by atoms with Crippen LogP contribution in [0.5, 0.6) is 5.88 Å². The van der Waals surface area contributed by atoms with Gasteiger partial charge in [-0.15, -0.1) is 5.11 Å². The molecule has 0 spiro atoms. The van der Waals surface area contributed by atoms with Crippen LogP contribution in [0.4, 0.5) is 11.4 Å². The second kappa shape index (κ2) is 3.79. The van der Waals surface area contributed by atoms with Crippen LogP contribution in [-0.4, -0.2) is 15.3 Å². The lowest BCUT2D eigenvalue weighted by atomic mass is 10.3. The Labute approximate surface area is 84.3 Å². The number of aromatic nitrogens is 2. The molecule has 0 aliphatic rings. The number of hydrogen-bond donors (Lipinski definition) is 3. The molecule has 3 N–H and O–H groups in total. The quantitative estimate of drug-likeness (QED) is 0.651. The van der Waals surface area contributed by atoms with E-state index in [1.54, 1.807) is 24.3 Å². The molecule has 0 atom stereocenters. The van der Waals surface area contributed by atoms with E-state index in [1.807, 2.05) is 6.07 Å². The van der Waals surface area contributed by atoms with E-state index in [-0.39, 0.29) is 11.6 Å². The molecule has 2 aromatic rings. The van der Waals surface area contributed by atoms with Crippen molar-refractivity contribution < 1.29 is 5.11 Å². The molecule has 0 saturated heterocycles. The van der Waals surface area contributed by atoms with E-state index in [9.17, 15) is 4.79 Å². The maximum atomic E-state index is 11.1. The largest absolute Gasteiger partial charge is 0.492 e. The van der Waals surface area contributed by atoms with Crippen LogP contribution in [0.2, 0.25) is 0 Å². The molecule has 0 bridgehead atoms. The Morgan fingerprint density at radius 1 is 1.07 bits per heavy atom. The molecule has 1 heterocycles. The van der Waals surface area contributed by atoms with Crippen molar-refractivity contribution in [1.29, 1.82) is 0 Å². The van der Waals surface area contributed by atoms with E-state index in [0.29, 0.717) is 5.69 Å². The fourth-order valence-electron chi connectivity index (χ4n) is 1.04. The van der Waals surface area contributed by atoms with Crippen molar-refractivity contribution in [3.63, 3.8) is 0 Å². The molecule has 15 heavy (non-hydrogen) atoms. The SMILES string of the molecule is O=c1[nH][nH]c(O)c1N=Nc1ccccc1. The van der Waals surface area contributed by atoms with E-state index >= 15 is 0 Å². The van der Waals surface area contributed by atoms with Crippen molar-refractivity contribution in [2.75, 3.05) is 0 Å². The number of rotatable bonds is 2. The fourth-order valence-corrected chi connectivity index (χ4v) is 1.04. The Morgan fingerprint density at radius 3 is 2.40 bits per heavy atom. The number of azo groups is 1. The standard InChI is InChI=1S/C9H8N4O2/c14-8-7(9(15)13-12-8)11-10-6-4-2-1-3-5-6/h1-5H,(H3,12,13,14,15). The first-order valence-electron chi connectivity index (χ1n) is 4.24. The third kappa shape index (κ3) is 1.93. The molecule has 6 nitrogen and oxygen atoms in total. The number of aromatic hydroxyl groups is 1. The number of H-pyrrole nitrogens is 2. The lowest BCUT2D eigenvalue weighted by Crippen LogP contribution is -1.96. The topological polar surface area (TPSA) is 93.6 Å². The predicted molar refractivity (Wildman–Crippen MR) is 53.7 cm³/mol. The highest BCUT2D eigenvalue weighted by molar-refractivity contribution is 5.44. The summed E-state index contributed by atoms with van der Waals surface area (Å²) >= 11 is 0. The van der Waals surface area contributed by atoms with Gasteiger partial charge in [0.05, 0.1) is 5.69 Å². The smallest absolute Gasteiger partial charge is 0.295 e.